The fourth-order valence-corrected chi connectivity index (χ4v) is 2.60. The Morgan fingerprint density at radius 1 is 1.10 bits per heavy atom. The lowest BCUT2D eigenvalue weighted by Crippen LogP contribution is -2.01. The molecule has 0 radical (unpaired) electrons. The monoisotopic (exact) mass is 272 g/mol. The minimum atomic E-state index is 0.178. The van der Waals surface area contributed by atoms with Gasteiger partial charge in [0.2, 0.25) is 0 Å². The van der Waals surface area contributed by atoms with Crippen LogP contribution < -0.4 is 0 Å². The molecular formula is C17H24N2O. The average molecular weight is 272 g/mol. The van der Waals surface area contributed by atoms with Gasteiger partial charge in [-0.3, -0.25) is 9.48 Å². The quantitative estimate of drug-likeness (QED) is 0.523. The van der Waals surface area contributed by atoms with E-state index in [2.05, 4.69) is 12.0 Å². The van der Waals surface area contributed by atoms with Crippen molar-refractivity contribution in [3.05, 3.63) is 30.0 Å². The Kier molecular flexibility index (Phi) is 5.33. The van der Waals surface area contributed by atoms with Crippen LogP contribution in [0.2, 0.25) is 0 Å². The molecule has 1 aromatic heterocycles. The van der Waals surface area contributed by atoms with E-state index in [9.17, 15) is 4.79 Å². The van der Waals surface area contributed by atoms with E-state index in [0.29, 0.717) is 12.1 Å². The molecule has 0 saturated carbocycles. The van der Waals surface area contributed by atoms with Crippen LogP contribution in [-0.2, 0) is 7.05 Å². The topological polar surface area (TPSA) is 34.9 Å². The highest BCUT2D eigenvalue weighted by Gasteiger charge is 2.14. The molecular weight excluding hydrogens is 248 g/mol. The number of benzene rings is 1. The smallest absolute Gasteiger partial charge is 0.183 e. The minimum absolute atomic E-state index is 0.178. The lowest BCUT2D eigenvalue weighted by atomic mass is 10.0. The summed E-state index contributed by atoms with van der Waals surface area (Å²) in [6, 6.07) is 7.93. The normalized spacial score (nSPS) is 11.1. The Morgan fingerprint density at radius 2 is 1.80 bits per heavy atom. The highest BCUT2D eigenvalue weighted by atomic mass is 16.1. The molecule has 0 bridgehead atoms. The first-order chi connectivity index (χ1) is 9.74. The maximum atomic E-state index is 12.3. The molecule has 0 spiro atoms. The van der Waals surface area contributed by atoms with Crippen LogP contribution in [0.4, 0.5) is 0 Å². The van der Waals surface area contributed by atoms with Crippen molar-refractivity contribution in [2.75, 3.05) is 0 Å². The number of fused-ring (bicyclic) bond motifs is 1. The molecule has 0 aliphatic carbocycles. The number of unbranched alkanes of at least 4 members (excludes halogenated alkanes) is 5. The third-order valence-electron chi connectivity index (χ3n) is 3.78. The zero-order valence-electron chi connectivity index (χ0n) is 12.6. The third kappa shape index (κ3) is 3.47. The van der Waals surface area contributed by atoms with E-state index < -0.39 is 0 Å². The number of carbonyl (C=O) groups is 1. The molecule has 3 nitrogen and oxygen atoms in total. The van der Waals surface area contributed by atoms with E-state index in [1.54, 1.807) is 4.68 Å². The summed E-state index contributed by atoms with van der Waals surface area (Å²) in [5.74, 6) is 0.178. The van der Waals surface area contributed by atoms with Crippen LogP contribution in [-0.4, -0.2) is 15.6 Å². The first-order valence-corrected chi connectivity index (χ1v) is 7.69. The van der Waals surface area contributed by atoms with Crippen LogP contribution in [0.1, 0.15) is 62.4 Å². The van der Waals surface area contributed by atoms with E-state index in [-0.39, 0.29) is 5.78 Å². The molecule has 0 aliphatic rings. The number of Topliss-reactive ketones (excluding diaryl/α,β-unsaturated/α-hetero) is 1. The molecule has 0 saturated heterocycles. The third-order valence-corrected chi connectivity index (χ3v) is 3.78. The second kappa shape index (κ2) is 7.22. The van der Waals surface area contributed by atoms with Crippen LogP contribution in [0, 0.1) is 0 Å². The summed E-state index contributed by atoms with van der Waals surface area (Å²) in [5.41, 5.74) is 1.66. The highest BCUT2D eigenvalue weighted by Crippen LogP contribution is 2.19. The number of rotatable bonds is 8. The van der Waals surface area contributed by atoms with E-state index in [0.717, 1.165) is 23.7 Å². The summed E-state index contributed by atoms with van der Waals surface area (Å²) in [6.45, 7) is 2.22. The molecule has 0 unspecified atom stereocenters. The minimum Gasteiger partial charge on any atom is -0.292 e. The van der Waals surface area contributed by atoms with E-state index in [1.807, 2.05) is 31.3 Å². The Morgan fingerprint density at radius 3 is 2.60 bits per heavy atom. The molecule has 20 heavy (non-hydrogen) atoms. The largest absolute Gasteiger partial charge is 0.292 e. The SMILES string of the molecule is CCCCCCCCC(=O)c1nn(C)c2ccccc12. The Hall–Kier alpha value is -1.64. The van der Waals surface area contributed by atoms with E-state index >= 15 is 0 Å². The fourth-order valence-electron chi connectivity index (χ4n) is 2.60. The second-order valence-corrected chi connectivity index (χ2v) is 5.43. The molecule has 0 fully saturated rings. The Bertz CT molecular complexity index is 571. The van der Waals surface area contributed by atoms with Gasteiger partial charge in [0.25, 0.3) is 0 Å². The maximum absolute atomic E-state index is 12.3. The van der Waals surface area contributed by atoms with Crippen molar-refractivity contribution in [2.45, 2.75) is 51.9 Å². The van der Waals surface area contributed by atoms with Gasteiger partial charge in [0.05, 0.1) is 5.52 Å². The zero-order chi connectivity index (χ0) is 14.4. The van der Waals surface area contributed by atoms with Crippen LogP contribution in [0.3, 0.4) is 0 Å². The van der Waals surface area contributed by atoms with Crippen molar-refractivity contribution < 1.29 is 4.79 Å². The standard InChI is InChI=1S/C17H24N2O/c1-3-4-5-6-7-8-13-16(20)17-14-11-9-10-12-15(14)19(2)18-17/h9-12H,3-8,13H2,1-2H3. The fraction of sp³-hybridized carbons (Fsp3) is 0.529. The van der Waals surface area contributed by atoms with Gasteiger partial charge < -0.3 is 0 Å². The molecule has 0 amide bonds. The lowest BCUT2D eigenvalue weighted by Gasteiger charge is -2.00. The van der Waals surface area contributed by atoms with E-state index in [4.69, 9.17) is 0 Å². The number of hydrogen-bond donors (Lipinski definition) is 0. The molecule has 0 aliphatic heterocycles. The predicted molar refractivity (Wildman–Crippen MR) is 83.0 cm³/mol. The summed E-state index contributed by atoms with van der Waals surface area (Å²) in [7, 11) is 1.89. The van der Waals surface area contributed by atoms with E-state index in [1.165, 1.54) is 25.7 Å². The number of aryl methyl sites for hydroxylation is 1. The molecule has 1 aromatic carbocycles. The second-order valence-electron chi connectivity index (χ2n) is 5.43. The van der Waals surface area contributed by atoms with Gasteiger partial charge in [0.1, 0.15) is 5.69 Å². The van der Waals surface area contributed by atoms with Gasteiger partial charge in [-0.15, -0.1) is 0 Å². The highest BCUT2D eigenvalue weighted by molar-refractivity contribution is 6.05. The van der Waals surface area contributed by atoms with Gasteiger partial charge in [-0.05, 0) is 12.5 Å². The van der Waals surface area contributed by atoms with Gasteiger partial charge in [0.15, 0.2) is 5.78 Å². The van der Waals surface area contributed by atoms with Crippen molar-refractivity contribution in [1.29, 1.82) is 0 Å². The van der Waals surface area contributed by atoms with Crippen LogP contribution in [0.5, 0.6) is 0 Å². The molecule has 108 valence electrons. The number of ketones is 1. The van der Waals surface area contributed by atoms with Gasteiger partial charge in [-0.1, -0.05) is 57.2 Å². The van der Waals surface area contributed by atoms with Crippen molar-refractivity contribution in [3.63, 3.8) is 0 Å². The molecule has 0 atom stereocenters. The number of nitrogens with zero attached hydrogens (tertiary/aromatic N) is 2. The van der Waals surface area contributed by atoms with Crippen LogP contribution >= 0.6 is 0 Å². The zero-order valence-corrected chi connectivity index (χ0v) is 12.6. The lowest BCUT2D eigenvalue weighted by molar-refractivity contribution is 0.0975. The number of carbonyl (C=O) groups excluding carboxylic acids is 1. The summed E-state index contributed by atoms with van der Waals surface area (Å²) in [6.07, 6.45) is 7.84. The maximum Gasteiger partial charge on any atom is 0.183 e. The van der Waals surface area contributed by atoms with Gasteiger partial charge >= 0.3 is 0 Å². The molecule has 2 rings (SSSR count). The summed E-state index contributed by atoms with van der Waals surface area (Å²) < 4.78 is 1.80. The molecule has 0 N–H and O–H groups in total. The van der Waals surface area contributed by atoms with Gasteiger partial charge in [-0.2, -0.15) is 5.10 Å². The van der Waals surface area contributed by atoms with Gasteiger partial charge in [-0.25, -0.2) is 0 Å². The van der Waals surface area contributed by atoms with Crippen molar-refractivity contribution >= 4 is 16.7 Å². The van der Waals surface area contributed by atoms with Gasteiger partial charge in [0, 0.05) is 18.9 Å². The van der Waals surface area contributed by atoms with Crippen molar-refractivity contribution in [3.8, 4) is 0 Å². The number of hydrogen-bond acceptors (Lipinski definition) is 2. The molecule has 1 heterocycles. The van der Waals surface area contributed by atoms with Crippen molar-refractivity contribution in [2.24, 2.45) is 7.05 Å². The first-order valence-electron chi connectivity index (χ1n) is 7.69. The number of aromatic nitrogens is 2. The average Bonchev–Trinajstić information content (AvgIpc) is 2.80. The van der Waals surface area contributed by atoms with Crippen LogP contribution in [0.25, 0.3) is 10.9 Å². The summed E-state index contributed by atoms with van der Waals surface area (Å²) >= 11 is 0. The number of para-hydroxylation sites is 1. The molecule has 3 heteroatoms. The Labute approximate surface area is 121 Å². The predicted octanol–water partition coefficient (Wildman–Crippen LogP) is 4.51. The first kappa shape index (κ1) is 14.8. The summed E-state index contributed by atoms with van der Waals surface area (Å²) in [5, 5.41) is 5.36. The van der Waals surface area contributed by atoms with Crippen molar-refractivity contribution in [1.82, 2.24) is 9.78 Å². The summed E-state index contributed by atoms with van der Waals surface area (Å²) in [4.78, 5) is 12.3. The molecule has 2 aromatic rings. The Balaban J connectivity index is 1.91. The van der Waals surface area contributed by atoms with Crippen LogP contribution in [0.15, 0.2) is 24.3 Å².